The second kappa shape index (κ2) is 6.18. The van der Waals surface area contributed by atoms with E-state index in [2.05, 4.69) is 36.8 Å². The molecule has 0 amide bonds. The summed E-state index contributed by atoms with van der Waals surface area (Å²) in [5.74, 6) is 2.35. The largest absolute Gasteiger partial charge is 0.370 e. The number of ether oxygens (including phenoxy) is 1. The second-order valence-electron chi connectivity index (χ2n) is 9.60. The smallest absolute Gasteiger partial charge is 0.147 e. The Bertz CT molecular complexity index is 804. The van der Waals surface area contributed by atoms with Gasteiger partial charge in [0.2, 0.25) is 0 Å². The first kappa shape index (κ1) is 17.5. The van der Waals surface area contributed by atoms with E-state index in [1.54, 1.807) is 0 Å². The Morgan fingerprint density at radius 2 is 1.93 bits per heavy atom. The number of anilines is 1. The Balaban J connectivity index is 1.57. The molecule has 5 heteroatoms. The number of piperazine rings is 1. The summed E-state index contributed by atoms with van der Waals surface area (Å²) >= 11 is 0. The van der Waals surface area contributed by atoms with Gasteiger partial charge in [0, 0.05) is 43.6 Å². The molecule has 2 saturated carbocycles. The Morgan fingerprint density at radius 3 is 2.59 bits per heavy atom. The van der Waals surface area contributed by atoms with Crippen molar-refractivity contribution in [2.75, 3.05) is 31.6 Å². The van der Waals surface area contributed by atoms with Crippen molar-refractivity contribution in [2.45, 2.75) is 70.1 Å². The molecule has 1 saturated heterocycles. The van der Waals surface area contributed by atoms with Gasteiger partial charge in [-0.3, -0.25) is 4.90 Å². The van der Waals surface area contributed by atoms with Gasteiger partial charge in [-0.15, -0.1) is 0 Å². The molecule has 3 heterocycles. The predicted molar refractivity (Wildman–Crippen MR) is 105 cm³/mol. The fourth-order valence-electron chi connectivity index (χ4n) is 4.90. The van der Waals surface area contributed by atoms with Gasteiger partial charge < -0.3 is 9.64 Å². The van der Waals surface area contributed by atoms with Gasteiger partial charge in [-0.2, -0.15) is 5.26 Å². The van der Waals surface area contributed by atoms with Crippen LogP contribution in [0.15, 0.2) is 0 Å². The third-order valence-corrected chi connectivity index (χ3v) is 6.87. The summed E-state index contributed by atoms with van der Waals surface area (Å²) in [6, 6.07) is 3.15. The Morgan fingerprint density at radius 1 is 1.15 bits per heavy atom. The lowest BCUT2D eigenvalue weighted by atomic mass is 9.87. The summed E-state index contributed by atoms with van der Waals surface area (Å²) in [6.07, 6.45) is 5.96. The number of likely N-dealkylation sites (N-methyl/N-ethyl adjacent to an activating group) is 1. The van der Waals surface area contributed by atoms with Crippen LogP contribution in [-0.2, 0) is 17.8 Å². The lowest BCUT2D eigenvalue weighted by Crippen LogP contribution is -2.53. The standard InChI is InChI=1S/C22H30N4O/c1-22(2)10-16-17(11-23)21(24-20(15-6-7-15)18(16)13-27-22)26-9-8-25(3)19(12-26)14-4-5-14/h14-15,19H,4-10,12-13H2,1-3H3. The van der Waals surface area contributed by atoms with E-state index in [9.17, 15) is 5.26 Å². The van der Waals surface area contributed by atoms with Crippen LogP contribution >= 0.6 is 0 Å². The van der Waals surface area contributed by atoms with E-state index in [1.807, 2.05) is 0 Å². The minimum atomic E-state index is -0.212. The minimum Gasteiger partial charge on any atom is -0.370 e. The van der Waals surface area contributed by atoms with Crippen LogP contribution in [0.2, 0.25) is 0 Å². The molecule has 144 valence electrons. The number of fused-ring (bicyclic) bond motifs is 1. The molecule has 2 aliphatic carbocycles. The van der Waals surface area contributed by atoms with E-state index in [1.165, 1.54) is 42.5 Å². The number of aromatic nitrogens is 1. The molecule has 1 aromatic rings. The molecule has 5 rings (SSSR count). The molecular formula is C22H30N4O. The first-order valence-corrected chi connectivity index (χ1v) is 10.5. The van der Waals surface area contributed by atoms with Crippen LogP contribution in [0.3, 0.4) is 0 Å². The number of hydrogen-bond donors (Lipinski definition) is 0. The highest BCUT2D eigenvalue weighted by atomic mass is 16.5. The zero-order valence-corrected chi connectivity index (χ0v) is 16.8. The van der Waals surface area contributed by atoms with Crippen molar-refractivity contribution in [3.8, 4) is 6.07 Å². The molecule has 5 nitrogen and oxygen atoms in total. The van der Waals surface area contributed by atoms with Crippen LogP contribution in [0.4, 0.5) is 5.82 Å². The quantitative estimate of drug-likeness (QED) is 0.822. The SMILES string of the molecule is CN1CCN(c2nc(C3CC3)c3c(c2C#N)CC(C)(C)OC3)CC1C1CC1. The first-order valence-electron chi connectivity index (χ1n) is 10.5. The van der Waals surface area contributed by atoms with Crippen molar-refractivity contribution in [3.05, 3.63) is 22.4 Å². The molecule has 3 fully saturated rings. The molecule has 0 N–H and O–H groups in total. The molecule has 0 radical (unpaired) electrons. The summed E-state index contributed by atoms with van der Waals surface area (Å²) in [7, 11) is 2.25. The summed E-state index contributed by atoms with van der Waals surface area (Å²) in [5, 5.41) is 10.1. The van der Waals surface area contributed by atoms with Crippen molar-refractivity contribution >= 4 is 5.82 Å². The highest BCUT2D eigenvalue weighted by molar-refractivity contribution is 5.62. The monoisotopic (exact) mass is 366 g/mol. The Kier molecular flexibility index (Phi) is 4.00. The maximum Gasteiger partial charge on any atom is 0.147 e. The summed E-state index contributed by atoms with van der Waals surface area (Å²) in [5.41, 5.74) is 4.24. The summed E-state index contributed by atoms with van der Waals surface area (Å²) in [4.78, 5) is 10.1. The number of nitriles is 1. The van der Waals surface area contributed by atoms with Gasteiger partial charge in [-0.1, -0.05) is 0 Å². The highest BCUT2D eigenvalue weighted by Crippen LogP contribution is 2.46. The number of hydrogen-bond acceptors (Lipinski definition) is 5. The molecule has 0 aromatic carbocycles. The maximum absolute atomic E-state index is 10.1. The summed E-state index contributed by atoms with van der Waals surface area (Å²) < 4.78 is 6.10. The average Bonchev–Trinajstić information content (AvgIpc) is 3.53. The van der Waals surface area contributed by atoms with Gasteiger partial charge >= 0.3 is 0 Å². The molecule has 27 heavy (non-hydrogen) atoms. The van der Waals surface area contributed by atoms with Gasteiger partial charge in [0.1, 0.15) is 11.9 Å². The van der Waals surface area contributed by atoms with E-state index in [4.69, 9.17) is 9.72 Å². The van der Waals surface area contributed by atoms with Crippen LogP contribution in [-0.4, -0.2) is 48.2 Å². The maximum atomic E-state index is 10.1. The van der Waals surface area contributed by atoms with E-state index in [0.717, 1.165) is 43.4 Å². The third kappa shape index (κ3) is 3.13. The summed E-state index contributed by atoms with van der Waals surface area (Å²) in [6.45, 7) is 7.89. The van der Waals surface area contributed by atoms with Crippen molar-refractivity contribution in [3.63, 3.8) is 0 Å². The van der Waals surface area contributed by atoms with Gasteiger partial charge in [0.25, 0.3) is 0 Å². The van der Waals surface area contributed by atoms with Crippen molar-refractivity contribution in [2.24, 2.45) is 5.92 Å². The zero-order chi connectivity index (χ0) is 18.8. The topological polar surface area (TPSA) is 52.4 Å². The first-order chi connectivity index (χ1) is 13.0. The number of nitrogens with zero attached hydrogens (tertiary/aromatic N) is 4. The van der Waals surface area contributed by atoms with Gasteiger partial charge in [0.15, 0.2) is 0 Å². The van der Waals surface area contributed by atoms with Crippen LogP contribution in [0.5, 0.6) is 0 Å². The average molecular weight is 367 g/mol. The van der Waals surface area contributed by atoms with Crippen LogP contribution in [0.1, 0.15) is 67.8 Å². The fourth-order valence-corrected chi connectivity index (χ4v) is 4.90. The number of rotatable bonds is 3. The number of pyridine rings is 1. The molecule has 1 aromatic heterocycles. The van der Waals surface area contributed by atoms with Gasteiger partial charge in [0.05, 0.1) is 23.5 Å². The van der Waals surface area contributed by atoms with Gasteiger partial charge in [-0.05, 0) is 58.1 Å². The van der Waals surface area contributed by atoms with Crippen LogP contribution in [0, 0.1) is 17.2 Å². The van der Waals surface area contributed by atoms with Crippen molar-refractivity contribution in [1.29, 1.82) is 5.26 Å². The Labute approximate surface area is 162 Å². The Hall–Kier alpha value is -1.64. The zero-order valence-electron chi connectivity index (χ0n) is 16.8. The molecular weight excluding hydrogens is 336 g/mol. The molecule has 2 aliphatic heterocycles. The predicted octanol–water partition coefficient (Wildman–Crippen LogP) is 3.21. The van der Waals surface area contributed by atoms with E-state index < -0.39 is 0 Å². The minimum absolute atomic E-state index is 0.212. The molecule has 4 aliphatic rings. The molecule has 1 unspecified atom stereocenters. The third-order valence-electron chi connectivity index (χ3n) is 6.87. The molecule has 1 atom stereocenters. The fraction of sp³-hybridized carbons (Fsp3) is 0.727. The van der Waals surface area contributed by atoms with Crippen LogP contribution in [0.25, 0.3) is 0 Å². The normalized spacial score (nSPS) is 27.9. The second-order valence-corrected chi connectivity index (χ2v) is 9.60. The molecule has 0 spiro atoms. The van der Waals surface area contributed by atoms with Gasteiger partial charge in [-0.25, -0.2) is 4.98 Å². The van der Waals surface area contributed by atoms with E-state index >= 15 is 0 Å². The van der Waals surface area contributed by atoms with E-state index in [0.29, 0.717) is 18.6 Å². The highest BCUT2D eigenvalue weighted by Gasteiger charge is 2.40. The van der Waals surface area contributed by atoms with Crippen LogP contribution < -0.4 is 4.90 Å². The lowest BCUT2D eigenvalue weighted by Gasteiger charge is -2.41. The van der Waals surface area contributed by atoms with E-state index in [-0.39, 0.29) is 5.60 Å². The lowest BCUT2D eigenvalue weighted by molar-refractivity contribution is -0.0407. The van der Waals surface area contributed by atoms with Crippen molar-refractivity contribution in [1.82, 2.24) is 9.88 Å². The van der Waals surface area contributed by atoms with Crippen molar-refractivity contribution < 1.29 is 4.74 Å². The molecule has 0 bridgehead atoms.